The lowest BCUT2D eigenvalue weighted by molar-refractivity contribution is -0.144. The van der Waals surface area contributed by atoms with E-state index in [1.165, 1.54) is 25.0 Å². The van der Waals surface area contributed by atoms with Gasteiger partial charge in [0.1, 0.15) is 96.7 Å². The minimum absolute atomic E-state index is 0.00909. The zero-order valence-electron chi connectivity index (χ0n) is 83.2. The maximum Gasteiger partial charge on any atom is 0.469 e. The number of rotatable bonds is 71. The first-order valence-corrected chi connectivity index (χ1v) is 50.8. The van der Waals surface area contributed by atoms with Crippen LogP contribution in [0.1, 0.15) is 223 Å². The van der Waals surface area contributed by atoms with Crippen molar-refractivity contribution in [1.29, 1.82) is 0 Å². The SMILES string of the molecule is CC[C@H](C)[C@H](NC(=O)[C@@H](NC(=O)[C@@H](N)Cc1ccccc1)[C@@H](C)O)C(=O)N[C@@H](CCC(N)=O)C(=O)N[C@@H](CCC(=O)O)C(=O)N[C@@H](CC(=O)O)C(=O)N[C@@H](CCC(=O)O)C(=O)N[C@@H](CCC(=O)O)C(=O)N[C@@H](CCSC)C(=O)N[C@H](C(=O)N[C@@H](CCCCN)C(=O)N[C@@H](C)C(=O)N[C@H](C(=O)N1CCC[C@H]1C(=O)N[C@H](C(=O)N[C@H](C(=O)N[C@@H](CCCCN)C(=O)O)[C@@H](C)CC)[C@@H](C)CC)[C@@H](C)CC)[C@@H](C)OP(=O)(O)O. The van der Waals surface area contributed by atoms with Crippen molar-refractivity contribution in [2.24, 2.45) is 46.6 Å². The van der Waals surface area contributed by atoms with Crippen molar-refractivity contribution in [1.82, 2.24) is 84.7 Å². The summed E-state index contributed by atoms with van der Waals surface area (Å²) in [6.07, 6.45) is -8.52. The van der Waals surface area contributed by atoms with Gasteiger partial charge in [0.15, 0.2) is 0 Å². The summed E-state index contributed by atoms with van der Waals surface area (Å²) in [7, 11) is -5.64. The number of carboxylic acids is 5. The number of aliphatic carboxylic acids is 5. The number of carbonyl (C=O) groups is 22. The van der Waals surface area contributed by atoms with Crippen molar-refractivity contribution >= 4 is 150 Å². The molecular weight excluding hydrogens is 1940 g/mol. The van der Waals surface area contributed by atoms with E-state index in [2.05, 4.69) is 74.4 Å². The van der Waals surface area contributed by atoms with Gasteiger partial charge in [0.2, 0.25) is 100 Å². The molecule has 52 nitrogen and oxygen atoms in total. The highest BCUT2D eigenvalue weighted by molar-refractivity contribution is 7.98. The van der Waals surface area contributed by atoms with Gasteiger partial charge in [-0.25, -0.2) is 9.36 Å². The number of amides is 17. The fraction of sp³-hybridized carbons (Fsp3) is 0.689. The van der Waals surface area contributed by atoms with E-state index in [0.717, 1.165) is 25.6 Å². The predicted molar refractivity (Wildman–Crippen MR) is 517 cm³/mol. The molecular formula is C90H149N20O32PS. The lowest BCUT2D eigenvalue weighted by Gasteiger charge is -2.33. The van der Waals surface area contributed by atoms with Crippen LogP contribution in [0, 0.1) is 23.7 Å². The summed E-state index contributed by atoms with van der Waals surface area (Å²) in [5.74, 6) is -30.1. The Hall–Kier alpha value is -12.1. The topological polar surface area (TPSA) is 851 Å². The van der Waals surface area contributed by atoms with E-state index in [1.807, 2.05) is 5.32 Å². The molecule has 1 aromatic carbocycles. The molecule has 144 heavy (non-hydrogen) atoms. The standard InChI is InChI=1S/C90H149N20O32PS/c1-13-45(5)68(106-87(134)72(50(10)111)108-75(122)53(93)43-52-25-18-17-19-26-52)84(131)101-55(30-34-63(94)112)77(124)97-58(33-37-66(117)118)80(127)103-61(44-67(119)120)82(129)98-57(32-36-65(115)116)78(125)96-56(31-35-64(113)114)79(126)99-59(38-42-144-12)81(128)109-73(51(11)142-143(139,140)141)88(135)100-54(27-20-22-39-91)76(123)95-49(9)74(121)107-71(48(8)16-4)89(136)110-41-24-29-62(110)83(130)104-70(47(7)15-3)86(133)105-69(46(6)14-2)85(132)102-60(90(137)138)28-21-23-40-92/h17-19,25-26,45-51,53-62,68-73,111H,13-16,20-24,27-44,91-93H2,1-12H3,(H2,94,112)(H,95,123)(H,96,125)(H,97,124)(H,98,129)(H,99,126)(H,100,135)(H,101,131)(H,102,132)(H,103,127)(H,104,130)(H,105,133)(H,106,134)(H,107,121)(H,108,122)(H,109,128)(H,113,114)(H,115,116)(H,117,118)(H,119,120)(H,137,138)(H2,139,140,141)/t45-,46-,47-,48-,49-,50+,51+,53-,54-,55-,56-,57-,58-,59-,60-,61-,62-,68-,69-,70-,71-,72-,73-/m0/s1. The Balaban J connectivity index is 2.60. The number of nitrogens with zero attached hydrogens (tertiary/aromatic N) is 1. The van der Waals surface area contributed by atoms with Gasteiger partial charge in [-0.2, -0.15) is 11.8 Å². The molecule has 0 radical (unpaired) electrons. The molecule has 1 aliphatic rings. The van der Waals surface area contributed by atoms with Crippen molar-refractivity contribution in [2.45, 2.75) is 339 Å². The maximum atomic E-state index is 14.8. The van der Waals surface area contributed by atoms with E-state index in [-0.39, 0.29) is 70.2 Å². The van der Waals surface area contributed by atoms with Crippen LogP contribution >= 0.6 is 19.6 Å². The van der Waals surface area contributed by atoms with Crippen LogP contribution in [-0.2, 0) is 121 Å². The van der Waals surface area contributed by atoms with Crippen molar-refractivity contribution in [2.75, 3.05) is 31.6 Å². The first kappa shape index (κ1) is 128. The third-order valence-corrected chi connectivity index (χ3v) is 25.6. The van der Waals surface area contributed by atoms with Crippen molar-refractivity contribution in [3.05, 3.63) is 35.9 Å². The second kappa shape index (κ2) is 65.3. The number of nitrogens with two attached hydrogens (primary N) is 4. The molecule has 0 spiro atoms. The monoisotopic (exact) mass is 2090 g/mol. The van der Waals surface area contributed by atoms with Gasteiger partial charge in [-0.3, -0.25) is 105 Å². The summed E-state index contributed by atoms with van der Waals surface area (Å²) >= 11 is 1.06. The molecule has 17 amide bonds. The lowest BCUT2D eigenvalue weighted by atomic mass is 9.94. The highest BCUT2D eigenvalue weighted by Crippen LogP contribution is 2.38. The number of unbranched alkanes of at least 4 members (excludes halogenated alkanes) is 2. The van der Waals surface area contributed by atoms with E-state index in [0.29, 0.717) is 44.2 Å². The molecule has 0 aromatic heterocycles. The average Bonchev–Trinajstić information content (AvgIpc) is 1.63. The van der Waals surface area contributed by atoms with Gasteiger partial charge in [0, 0.05) is 32.2 Å². The minimum atomic E-state index is -5.64. The molecule has 812 valence electrons. The Morgan fingerprint density at radius 2 is 0.764 bits per heavy atom. The molecule has 1 saturated heterocycles. The van der Waals surface area contributed by atoms with Crippen LogP contribution in [-0.4, -0.2) is 322 Å². The summed E-state index contributed by atoms with van der Waals surface area (Å²) in [6, 6.07) is -20.6. The zero-order chi connectivity index (χ0) is 109. The number of hydrogen-bond acceptors (Lipinski definition) is 29. The van der Waals surface area contributed by atoms with Crippen LogP contribution in [0.3, 0.4) is 0 Å². The molecule has 1 aliphatic heterocycles. The van der Waals surface area contributed by atoms with Crippen LogP contribution in [0.4, 0.5) is 0 Å². The molecule has 1 heterocycles. The number of phosphoric acid groups is 1. The number of phosphoric ester groups is 1. The fourth-order valence-electron chi connectivity index (χ4n) is 14.9. The quantitative estimate of drug-likeness (QED) is 0.0215. The summed E-state index contributed by atoms with van der Waals surface area (Å²) < 4.78 is 17.4. The number of carboxylic acid groups (broad SMARTS) is 5. The predicted octanol–water partition coefficient (Wildman–Crippen LogP) is -4.67. The van der Waals surface area contributed by atoms with Gasteiger partial charge >= 0.3 is 37.7 Å². The Morgan fingerprint density at radius 1 is 0.417 bits per heavy atom. The number of aliphatic hydroxyl groups is 1. The molecule has 23 atom stereocenters. The Morgan fingerprint density at radius 3 is 1.17 bits per heavy atom. The van der Waals surface area contributed by atoms with E-state index in [4.69, 9.17) is 27.5 Å². The molecule has 0 aliphatic carbocycles. The van der Waals surface area contributed by atoms with E-state index in [9.17, 15) is 150 Å². The Bertz CT molecular complexity index is 4560. The summed E-state index contributed by atoms with van der Waals surface area (Å²) in [5, 5.41) is 95.8. The highest BCUT2D eigenvalue weighted by atomic mass is 32.2. The number of hydrogen-bond donors (Lipinski definition) is 27. The molecule has 0 bridgehead atoms. The van der Waals surface area contributed by atoms with Crippen molar-refractivity contribution in [3.63, 3.8) is 0 Å². The lowest BCUT2D eigenvalue weighted by Crippen LogP contribution is -2.62. The van der Waals surface area contributed by atoms with E-state index in [1.54, 1.807) is 78.8 Å². The molecule has 1 aromatic rings. The molecule has 54 heteroatoms. The van der Waals surface area contributed by atoms with Crippen LogP contribution in [0.5, 0.6) is 0 Å². The summed E-state index contributed by atoms with van der Waals surface area (Å²) in [6.45, 7) is 16.9. The number of benzene rings is 1. The van der Waals surface area contributed by atoms with Crippen LogP contribution in [0.2, 0.25) is 0 Å². The van der Waals surface area contributed by atoms with Crippen molar-refractivity contribution in [3.8, 4) is 0 Å². The molecule has 31 N–H and O–H groups in total. The Labute approximate surface area is 838 Å². The van der Waals surface area contributed by atoms with E-state index < -0.39 is 341 Å². The largest absolute Gasteiger partial charge is 0.481 e. The third kappa shape index (κ3) is 45.9. The number of carbonyl (C=O) groups excluding carboxylic acids is 17. The van der Waals surface area contributed by atoms with E-state index >= 15 is 0 Å². The molecule has 0 saturated carbocycles. The number of aliphatic hydroxyl groups excluding tert-OH is 1. The second-order valence-corrected chi connectivity index (χ2v) is 38.0. The average molecular weight is 2090 g/mol. The zero-order valence-corrected chi connectivity index (χ0v) is 85.0. The number of primary amides is 1. The fourth-order valence-corrected chi connectivity index (χ4v) is 16.0. The van der Waals surface area contributed by atoms with Crippen LogP contribution in [0.25, 0.3) is 0 Å². The van der Waals surface area contributed by atoms with Gasteiger partial charge in [0.25, 0.3) is 0 Å². The number of likely N-dealkylation sites (tertiary alicyclic amines) is 1. The number of thioether (sulfide) groups is 1. The highest BCUT2D eigenvalue weighted by Gasteiger charge is 2.46. The summed E-state index contributed by atoms with van der Waals surface area (Å²) in [4.78, 5) is 324. The minimum Gasteiger partial charge on any atom is -0.481 e. The van der Waals surface area contributed by atoms with Crippen LogP contribution in [0.15, 0.2) is 30.3 Å². The van der Waals surface area contributed by atoms with Gasteiger partial charge in [0.05, 0.1) is 24.7 Å². The first-order chi connectivity index (χ1) is 67.5. The van der Waals surface area contributed by atoms with Gasteiger partial charge in [-0.15, -0.1) is 0 Å². The summed E-state index contributed by atoms with van der Waals surface area (Å²) in [5.41, 5.74) is 23.6. The molecule has 2 rings (SSSR count). The number of nitrogens with one attached hydrogen (secondary N) is 15. The smallest absolute Gasteiger partial charge is 0.469 e. The van der Waals surface area contributed by atoms with Gasteiger partial charge in [-0.1, -0.05) is 111 Å². The molecule has 1 fully saturated rings. The van der Waals surface area contributed by atoms with Gasteiger partial charge < -0.3 is 148 Å². The second-order valence-electron chi connectivity index (χ2n) is 35.8. The van der Waals surface area contributed by atoms with Crippen molar-refractivity contribution < 1.29 is 155 Å². The maximum absolute atomic E-state index is 14.8. The normalized spacial score (nSPS) is 17.0. The first-order valence-electron chi connectivity index (χ1n) is 47.9. The van der Waals surface area contributed by atoms with Gasteiger partial charge in [-0.05, 0) is 165 Å². The molecule has 0 unspecified atom stereocenters. The van der Waals surface area contributed by atoms with Crippen LogP contribution < -0.4 is 103 Å². The third-order valence-electron chi connectivity index (χ3n) is 24.3. The Kier molecular flexibility index (Phi) is 58.0.